The lowest BCUT2D eigenvalue weighted by Gasteiger charge is -2.32. The van der Waals surface area contributed by atoms with Crippen LogP contribution in [0.25, 0.3) is 0 Å². The van der Waals surface area contributed by atoms with Crippen LogP contribution in [0.3, 0.4) is 0 Å². The molecule has 7 nitrogen and oxygen atoms in total. The number of hydrogen-bond donors (Lipinski definition) is 0. The van der Waals surface area contributed by atoms with Crippen LogP contribution in [0.4, 0.5) is 0 Å². The molecule has 0 atom stereocenters. The second-order valence-electron chi connectivity index (χ2n) is 6.33. The molecule has 1 aromatic heterocycles. The number of hydrogen-bond acceptors (Lipinski definition) is 6. The first-order valence-electron chi connectivity index (χ1n) is 9.21. The van der Waals surface area contributed by atoms with Crippen LogP contribution in [-0.4, -0.2) is 53.7 Å². The van der Waals surface area contributed by atoms with Crippen molar-refractivity contribution in [3.8, 4) is 17.6 Å². The summed E-state index contributed by atoms with van der Waals surface area (Å²) in [6.07, 6.45) is 3.61. The van der Waals surface area contributed by atoms with E-state index < -0.39 is 0 Å². The molecule has 1 aliphatic heterocycles. The Kier molecular flexibility index (Phi) is 6.46. The summed E-state index contributed by atoms with van der Waals surface area (Å²) in [7, 11) is 1.52. The molecule has 1 aromatic carbocycles. The van der Waals surface area contributed by atoms with Crippen LogP contribution in [0.2, 0.25) is 0 Å². The van der Waals surface area contributed by atoms with E-state index in [4.69, 9.17) is 14.2 Å². The molecular formula is C20H25N3O4. The monoisotopic (exact) mass is 371 g/mol. The Bertz CT molecular complexity index is 743. The SMILES string of the molecule is CCOc1ccc(CC(=O)N2CCC(Oc3ccnc(OC)n3)CC2)cc1. The quantitative estimate of drug-likeness (QED) is 0.745. The first kappa shape index (κ1) is 18.9. The average Bonchev–Trinajstić information content (AvgIpc) is 2.70. The molecule has 144 valence electrons. The van der Waals surface area contributed by atoms with Gasteiger partial charge < -0.3 is 19.1 Å². The predicted molar refractivity (Wildman–Crippen MR) is 100 cm³/mol. The smallest absolute Gasteiger partial charge is 0.319 e. The van der Waals surface area contributed by atoms with Crippen LogP contribution in [-0.2, 0) is 11.2 Å². The number of carbonyl (C=O) groups is 1. The van der Waals surface area contributed by atoms with Gasteiger partial charge in [0.25, 0.3) is 0 Å². The molecule has 7 heteroatoms. The van der Waals surface area contributed by atoms with Gasteiger partial charge in [-0.3, -0.25) is 4.79 Å². The number of rotatable bonds is 7. The van der Waals surface area contributed by atoms with Crippen molar-refractivity contribution in [3.05, 3.63) is 42.1 Å². The molecule has 0 saturated carbocycles. The van der Waals surface area contributed by atoms with E-state index in [0.29, 0.717) is 32.0 Å². The van der Waals surface area contributed by atoms with Crippen LogP contribution in [0.5, 0.6) is 17.6 Å². The van der Waals surface area contributed by atoms with Crippen molar-refractivity contribution in [1.82, 2.24) is 14.9 Å². The molecule has 1 aliphatic rings. The Morgan fingerprint density at radius 3 is 2.59 bits per heavy atom. The van der Waals surface area contributed by atoms with E-state index in [-0.39, 0.29) is 18.0 Å². The van der Waals surface area contributed by atoms with Gasteiger partial charge in [0.1, 0.15) is 11.9 Å². The first-order valence-corrected chi connectivity index (χ1v) is 9.21. The highest BCUT2D eigenvalue weighted by Crippen LogP contribution is 2.19. The van der Waals surface area contributed by atoms with E-state index in [1.54, 1.807) is 12.3 Å². The molecule has 1 fully saturated rings. The molecular weight excluding hydrogens is 346 g/mol. The number of carbonyl (C=O) groups excluding carboxylic acids is 1. The van der Waals surface area contributed by atoms with Gasteiger partial charge in [0.05, 0.1) is 20.1 Å². The summed E-state index contributed by atoms with van der Waals surface area (Å²) < 4.78 is 16.3. The van der Waals surface area contributed by atoms with Crippen molar-refractivity contribution < 1.29 is 19.0 Å². The maximum absolute atomic E-state index is 12.5. The van der Waals surface area contributed by atoms with Crippen molar-refractivity contribution in [1.29, 1.82) is 0 Å². The van der Waals surface area contributed by atoms with Crippen molar-refractivity contribution in [2.75, 3.05) is 26.8 Å². The zero-order chi connectivity index (χ0) is 19.1. The minimum Gasteiger partial charge on any atom is -0.494 e. The molecule has 3 rings (SSSR count). The number of amides is 1. The molecule has 1 amide bonds. The van der Waals surface area contributed by atoms with Crippen LogP contribution in [0.15, 0.2) is 36.5 Å². The lowest BCUT2D eigenvalue weighted by Crippen LogP contribution is -2.42. The van der Waals surface area contributed by atoms with Crippen LogP contribution in [0, 0.1) is 0 Å². The van der Waals surface area contributed by atoms with E-state index >= 15 is 0 Å². The number of piperidine rings is 1. The molecule has 0 radical (unpaired) electrons. The summed E-state index contributed by atoms with van der Waals surface area (Å²) in [6, 6.07) is 9.70. The third-order valence-corrected chi connectivity index (χ3v) is 4.46. The maximum Gasteiger partial charge on any atom is 0.319 e. The number of ether oxygens (including phenoxy) is 3. The number of benzene rings is 1. The normalized spacial score (nSPS) is 14.7. The molecule has 0 N–H and O–H groups in total. The van der Waals surface area contributed by atoms with Crippen molar-refractivity contribution >= 4 is 5.91 Å². The second-order valence-corrected chi connectivity index (χ2v) is 6.33. The fraction of sp³-hybridized carbons (Fsp3) is 0.450. The average molecular weight is 371 g/mol. The van der Waals surface area contributed by atoms with E-state index in [1.807, 2.05) is 36.1 Å². The number of methoxy groups -OCH3 is 1. The van der Waals surface area contributed by atoms with Gasteiger partial charge in [-0.05, 0) is 24.6 Å². The van der Waals surface area contributed by atoms with Gasteiger partial charge in [-0.1, -0.05) is 12.1 Å². The summed E-state index contributed by atoms with van der Waals surface area (Å²) in [5.41, 5.74) is 0.995. The predicted octanol–water partition coefficient (Wildman–Crippen LogP) is 2.50. The van der Waals surface area contributed by atoms with Crippen molar-refractivity contribution in [3.63, 3.8) is 0 Å². The fourth-order valence-corrected chi connectivity index (χ4v) is 3.04. The molecule has 2 aromatic rings. The molecule has 0 spiro atoms. The van der Waals surface area contributed by atoms with Crippen molar-refractivity contribution in [2.45, 2.75) is 32.3 Å². The summed E-state index contributed by atoms with van der Waals surface area (Å²) in [6.45, 7) is 3.95. The lowest BCUT2D eigenvalue weighted by molar-refractivity contribution is -0.132. The van der Waals surface area contributed by atoms with E-state index in [1.165, 1.54) is 7.11 Å². The van der Waals surface area contributed by atoms with Gasteiger partial charge in [-0.15, -0.1) is 0 Å². The molecule has 27 heavy (non-hydrogen) atoms. The molecule has 1 saturated heterocycles. The summed E-state index contributed by atoms with van der Waals surface area (Å²) in [5, 5.41) is 0. The van der Waals surface area contributed by atoms with Gasteiger partial charge in [-0.2, -0.15) is 4.98 Å². The highest BCUT2D eigenvalue weighted by molar-refractivity contribution is 5.78. The van der Waals surface area contributed by atoms with E-state index in [9.17, 15) is 4.79 Å². The zero-order valence-electron chi connectivity index (χ0n) is 15.8. The van der Waals surface area contributed by atoms with E-state index in [0.717, 1.165) is 24.2 Å². The molecule has 0 bridgehead atoms. The zero-order valence-corrected chi connectivity index (χ0v) is 15.8. The molecule has 0 unspecified atom stereocenters. The van der Waals surface area contributed by atoms with Crippen LogP contribution in [0.1, 0.15) is 25.3 Å². The summed E-state index contributed by atoms with van der Waals surface area (Å²) in [5.74, 6) is 1.47. The van der Waals surface area contributed by atoms with Gasteiger partial charge in [0.15, 0.2) is 0 Å². The summed E-state index contributed by atoms with van der Waals surface area (Å²) >= 11 is 0. The van der Waals surface area contributed by atoms with Crippen LogP contribution >= 0.6 is 0 Å². The lowest BCUT2D eigenvalue weighted by atomic mass is 10.1. The molecule has 0 aliphatic carbocycles. The standard InChI is InChI=1S/C20H25N3O4/c1-3-26-16-6-4-15(5-7-16)14-19(24)23-12-9-17(10-13-23)27-18-8-11-21-20(22-18)25-2/h4-8,11,17H,3,9-10,12-14H2,1-2H3. The number of nitrogens with zero attached hydrogens (tertiary/aromatic N) is 3. The van der Waals surface area contributed by atoms with E-state index in [2.05, 4.69) is 9.97 Å². The van der Waals surface area contributed by atoms with Crippen LogP contribution < -0.4 is 14.2 Å². The Labute approximate surface area is 159 Å². The Balaban J connectivity index is 1.47. The largest absolute Gasteiger partial charge is 0.494 e. The van der Waals surface area contributed by atoms with Gasteiger partial charge >= 0.3 is 6.01 Å². The van der Waals surface area contributed by atoms with Gasteiger partial charge in [0.2, 0.25) is 11.8 Å². The highest BCUT2D eigenvalue weighted by Gasteiger charge is 2.24. The number of likely N-dealkylation sites (tertiary alicyclic amines) is 1. The fourth-order valence-electron chi connectivity index (χ4n) is 3.04. The van der Waals surface area contributed by atoms with Gasteiger partial charge in [0, 0.05) is 38.2 Å². The third-order valence-electron chi connectivity index (χ3n) is 4.46. The summed E-state index contributed by atoms with van der Waals surface area (Å²) in [4.78, 5) is 22.6. The minimum absolute atomic E-state index is 0.0409. The topological polar surface area (TPSA) is 73.8 Å². The minimum atomic E-state index is 0.0409. The maximum atomic E-state index is 12.5. The van der Waals surface area contributed by atoms with Gasteiger partial charge in [-0.25, -0.2) is 4.98 Å². The highest BCUT2D eigenvalue weighted by atomic mass is 16.5. The molecule has 2 heterocycles. The first-order chi connectivity index (χ1) is 13.2. The third kappa shape index (κ3) is 5.32. The number of aromatic nitrogens is 2. The Hall–Kier alpha value is -2.83. The van der Waals surface area contributed by atoms with Crippen molar-refractivity contribution in [2.24, 2.45) is 0 Å². The Morgan fingerprint density at radius 2 is 1.93 bits per heavy atom. The Morgan fingerprint density at radius 1 is 1.19 bits per heavy atom. The second kappa shape index (κ2) is 9.21.